The zero-order valence-corrected chi connectivity index (χ0v) is 33.4. The minimum atomic E-state index is -4.00. The molecule has 2 unspecified atom stereocenters. The molecule has 1 saturated carbocycles. The number of carbonyl (C=O) groups is 2. The molecule has 3 fully saturated rings. The molecule has 6 aliphatic rings. The Hall–Kier alpha value is -3.32. The number of benzene rings is 2. The van der Waals surface area contributed by atoms with Crippen LogP contribution in [0.15, 0.2) is 48.6 Å². The first-order valence-corrected chi connectivity index (χ1v) is 21.4. The predicted molar refractivity (Wildman–Crippen MR) is 208 cm³/mol. The Morgan fingerprint density at radius 1 is 1.06 bits per heavy atom. The standard InChI is InChI=1S/C41H53ClN4O7S/c1-27-7-5-15-41(51-4,25-44-17-18-46-32(21-44)22-52-38(46)48)36-13-16-39(36,3)23-45-24-40(14-6-8-29-19-31(42)10-11-33(29)40)26-53-35-12-9-30(20-34(35)45)37(47)43-54(49,50)28(27)2/h5,9-12,15,19-20,27-28,32,36H,6-8,13-14,16-18,21-26H2,1-4H3,(H,43,47)/b15-5+/t27-,28?,32-,36+,39?,40-,41-/m0/s1. The Kier molecular flexibility index (Phi) is 9.75. The fourth-order valence-corrected chi connectivity index (χ4v) is 11.8. The molecule has 4 aliphatic heterocycles. The van der Waals surface area contributed by atoms with Crippen molar-refractivity contribution in [2.45, 2.75) is 81.6 Å². The van der Waals surface area contributed by atoms with Crippen LogP contribution in [0.4, 0.5) is 10.5 Å². The van der Waals surface area contributed by atoms with Gasteiger partial charge >= 0.3 is 6.09 Å². The van der Waals surface area contributed by atoms with Crippen LogP contribution in [-0.4, -0.2) is 107 Å². The van der Waals surface area contributed by atoms with Gasteiger partial charge in [-0.3, -0.25) is 14.6 Å². The van der Waals surface area contributed by atoms with E-state index in [1.54, 1.807) is 20.1 Å². The maximum Gasteiger partial charge on any atom is 0.410 e. The van der Waals surface area contributed by atoms with Gasteiger partial charge in [-0.25, -0.2) is 17.9 Å². The van der Waals surface area contributed by atoms with E-state index in [9.17, 15) is 18.0 Å². The quantitative estimate of drug-likeness (QED) is 0.386. The molecule has 54 heavy (non-hydrogen) atoms. The summed E-state index contributed by atoms with van der Waals surface area (Å²) in [5.41, 5.74) is 2.39. The number of hydrogen-bond acceptors (Lipinski definition) is 9. The molecule has 11 nitrogen and oxygen atoms in total. The van der Waals surface area contributed by atoms with E-state index in [1.165, 1.54) is 11.1 Å². The summed E-state index contributed by atoms with van der Waals surface area (Å²) in [5.74, 6) is -0.106. The van der Waals surface area contributed by atoms with Crippen molar-refractivity contribution < 1.29 is 32.2 Å². The Labute approximate surface area is 324 Å². The smallest absolute Gasteiger partial charge is 0.410 e. The van der Waals surface area contributed by atoms with Crippen molar-refractivity contribution in [1.82, 2.24) is 14.5 Å². The number of methoxy groups -OCH3 is 1. The first-order valence-electron chi connectivity index (χ1n) is 19.5. The van der Waals surface area contributed by atoms with Crippen LogP contribution in [-0.2, 0) is 31.3 Å². The van der Waals surface area contributed by atoms with Crippen LogP contribution in [0.5, 0.6) is 5.75 Å². The summed E-state index contributed by atoms with van der Waals surface area (Å²) >= 11 is 6.51. The second-order valence-corrected chi connectivity index (χ2v) is 19.6. The molecule has 2 bridgehead atoms. The van der Waals surface area contributed by atoms with Crippen molar-refractivity contribution in [3.8, 4) is 5.75 Å². The van der Waals surface area contributed by atoms with Gasteiger partial charge in [0.25, 0.3) is 5.91 Å². The molecule has 7 atom stereocenters. The van der Waals surface area contributed by atoms with E-state index >= 15 is 0 Å². The van der Waals surface area contributed by atoms with Crippen LogP contribution >= 0.6 is 11.6 Å². The molecular weight excluding hydrogens is 728 g/mol. The lowest BCUT2D eigenvalue weighted by atomic mass is 9.54. The van der Waals surface area contributed by atoms with Crippen LogP contribution in [0.1, 0.15) is 74.4 Å². The lowest BCUT2D eigenvalue weighted by molar-refractivity contribution is -0.130. The number of cyclic esters (lactones) is 1. The van der Waals surface area contributed by atoms with E-state index in [-0.39, 0.29) is 40.4 Å². The average Bonchev–Trinajstić information content (AvgIpc) is 3.43. The van der Waals surface area contributed by atoms with Crippen molar-refractivity contribution in [3.05, 3.63) is 70.3 Å². The van der Waals surface area contributed by atoms with Gasteiger partial charge in [0.2, 0.25) is 10.0 Å². The van der Waals surface area contributed by atoms with Gasteiger partial charge in [0.1, 0.15) is 18.0 Å². The molecule has 292 valence electrons. The molecule has 2 aliphatic carbocycles. The second kappa shape index (κ2) is 14.0. The molecule has 8 rings (SSSR count). The number of nitrogens with zero attached hydrogens (tertiary/aromatic N) is 3. The highest BCUT2D eigenvalue weighted by molar-refractivity contribution is 7.90. The van der Waals surface area contributed by atoms with Gasteiger partial charge in [0.15, 0.2) is 0 Å². The predicted octanol–water partition coefficient (Wildman–Crippen LogP) is 5.80. The minimum Gasteiger partial charge on any atom is -0.490 e. The van der Waals surface area contributed by atoms with Crippen molar-refractivity contribution in [3.63, 3.8) is 0 Å². The number of carbonyl (C=O) groups excluding carboxylic acids is 2. The second-order valence-electron chi connectivity index (χ2n) is 17.1. The van der Waals surface area contributed by atoms with Gasteiger partial charge in [-0.2, -0.15) is 0 Å². The molecular formula is C41H53ClN4O7S. The number of halogens is 1. The van der Waals surface area contributed by atoms with Gasteiger partial charge in [-0.15, -0.1) is 0 Å². The summed E-state index contributed by atoms with van der Waals surface area (Å²) in [7, 11) is -2.20. The molecule has 13 heteroatoms. The van der Waals surface area contributed by atoms with Gasteiger partial charge in [0, 0.05) is 62.4 Å². The molecule has 2 aromatic rings. The topological polar surface area (TPSA) is 118 Å². The van der Waals surface area contributed by atoms with E-state index in [1.807, 2.05) is 30.0 Å². The Bertz CT molecular complexity index is 1960. The van der Waals surface area contributed by atoms with E-state index in [0.29, 0.717) is 64.7 Å². The highest BCUT2D eigenvalue weighted by Crippen LogP contribution is 2.56. The largest absolute Gasteiger partial charge is 0.490 e. The minimum absolute atomic E-state index is 0.0108. The molecule has 2 amide bonds. The van der Waals surface area contributed by atoms with E-state index < -0.39 is 26.8 Å². The molecule has 4 heterocycles. The van der Waals surface area contributed by atoms with Crippen LogP contribution in [0.3, 0.4) is 0 Å². The number of piperazine rings is 1. The number of sulfonamides is 1. The SMILES string of the molecule is CO[C@]1(CN2CCN3C(=O)OC[C@@H]3C2)/C=C/C[C@H](C)C(C)S(=O)(=O)NC(=O)c2ccc3c(c2)N(CC2(C)CC[C@H]21)C[C@@]1(CCCc2cc(Cl)ccc21)CO3. The number of fused-ring (bicyclic) bond motifs is 5. The number of amides is 2. The number of allylic oxidation sites excluding steroid dienone is 1. The summed E-state index contributed by atoms with van der Waals surface area (Å²) in [6.07, 6.45) is 9.40. The van der Waals surface area contributed by atoms with Crippen LogP contribution in [0, 0.1) is 17.3 Å². The summed E-state index contributed by atoms with van der Waals surface area (Å²) in [6, 6.07) is 11.5. The van der Waals surface area contributed by atoms with Crippen LogP contribution < -0.4 is 14.4 Å². The summed E-state index contributed by atoms with van der Waals surface area (Å²) in [4.78, 5) is 32.7. The van der Waals surface area contributed by atoms with E-state index in [0.717, 1.165) is 42.8 Å². The number of nitrogens with one attached hydrogen (secondary N) is 1. The van der Waals surface area contributed by atoms with Gasteiger partial charge in [-0.1, -0.05) is 43.7 Å². The molecule has 0 aromatic heterocycles. The maximum atomic E-state index is 13.7. The fourth-order valence-electron chi connectivity index (χ4n) is 10.3. The number of rotatable bonds is 3. The monoisotopic (exact) mass is 780 g/mol. The van der Waals surface area contributed by atoms with Crippen LogP contribution in [0.2, 0.25) is 5.02 Å². The summed E-state index contributed by atoms with van der Waals surface area (Å²) in [5, 5.41) is -0.0940. The third-order valence-electron chi connectivity index (χ3n) is 13.8. The number of anilines is 1. The zero-order valence-electron chi connectivity index (χ0n) is 31.8. The highest BCUT2D eigenvalue weighted by atomic mass is 35.5. The highest BCUT2D eigenvalue weighted by Gasteiger charge is 2.56. The van der Waals surface area contributed by atoms with Gasteiger partial charge in [-0.05, 0) is 104 Å². The number of hydrogen-bond donors (Lipinski definition) is 1. The van der Waals surface area contributed by atoms with E-state index in [4.69, 9.17) is 25.8 Å². The van der Waals surface area contributed by atoms with Gasteiger partial charge < -0.3 is 19.1 Å². The lowest BCUT2D eigenvalue weighted by Crippen LogP contribution is -2.63. The van der Waals surface area contributed by atoms with E-state index in [2.05, 4.69) is 45.7 Å². The van der Waals surface area contributed by atoms with Crippen molar-refractivity contribution >= 4 is 39.3 Å². The number of ether oxygens (including phenoxy) is 3. The van der Waals surface area contributed by atoms with Crippen molar-refractivity contribution in [1.29, 1.82) is 0 Å². The average molecular weight is 781 g/mol. The molecule has 1 N–H and O–H groups in total. The third-order valence-corrected chi connectivity index (χ3v) is 15.9. The lowest BCUT2D eigenvalue weighted by Gasteiger charge is -2.58. The maximum absolute atomic E-state index is 13.7. The fraction of sp³-hybridized carbons (Fsp3) is 0.610. The summed E-state index contributed by atoms with van der Waals surface area (Å²) < 4.78 is 48.5. The molecule has 2 aromatic carbocycles. The molecule has 0 radical (unpaired) electrons. The summed E-state index contributed by atoms with van der Waals surface area (Å²) in [6.45, 7) is 10.8. The normalized spacial score (nSPS) is 35.7. The number of aryl methyl sites for hydroxylation is 1. The first kappa shape index (κ1) is 37.6. The molecule has 2 saturated heterocycles. The van der Waals surface area contributed by atoms with Crippen molar-refractivity contribution in [2.75, 3.05) is 64.5 Å². The zero-order chi connectivity index (χ0) is 38.0. The Morgan fingerprint density at radius 2 is 1.89 bits per heavy atom. The third kappa shape index (κ3) is 6.58. The first-order chi connectivity index (χ1) is 25.7. The van der Waals surface area contributed by atoms with Crippen molar-refractivity contribution in [2.24, 2.45) is 17.3 Å². The Balaban J connectivity index is 1.21. The van der Waals surface area contributed by atoms with Gasteiger partial charge in [0.05, 0.1) is 23.6 Å². The van der Waals surface area contributed by atoms with Crippen LogP contribution in [0.25, 0.3) is 0 Å². The Morgan fingerprint density at radius 3 is 2.67 bits per heavy atom. The molecule has 1 spiro atoms.